The maximum absolute atomic E-state index is 11.6. The Bertz CT molecular complexity index is 365. The Morgan fingerprint density at radius 3 is 2.88 bits per heavy atom. The van der Waals surface area contributed by atoms with Gasteiger partial charge in [0.15, 0.2) is 0 Å². The van der Waals surface area contributed by atoms with E-state index in [4.69, 9.17) is 5.73 Å². The molecule has 6 heteroatoms. The lowest BCUT2D eigenvalue weighted by molar-refractivity contribution is -0.131. The Labute approximate surface area is 105 Å². The van der Waals surface area contributed by atoms with Gasteiger partial charge in [0, 0.05) is 18.5 Å². The van der Waals surface area contributed by atoms with Crippen LogP contribution < -0.4 is 11.1 Å². The van der Waals surface area contributed by atoms with Gasteiger partial charge in [-0.25, -0.2) is 0 Å². The summed E-state index contributed by atoms with van der Waals surface area (Å²) in [7, 11) is 1.73. The first kappa shape index (κ1) is 13.7. The van der Waals surface area contributed by atoms with Gasteiger partial charge < -0.3 is 16.0 Å². The number of nitrogens with zero attached hydrogens (tertiary/aromatic N) is 1. The highest BCUT2D eigenvalue weighted by Gasteiger charge is 2.09. The second-order valence-electron chi connectivity index (χ2n) is 3.63. The maximum Gasteiger partial charge on any atom is 0.241 e. The van der Waals surface area contributed by atoms with E-state index in [1.807, 2.05) is 17.5 Å². The monoisotopic (exact) mass is 255 g/mol. The van der Waals surface area contributed by atoms with Gasteiger partial charge in [0.1, 0.15) is 0 Å². The molecule has 94 valence electrons. The molecule has 1 aromatic heterocycles. The molecule has 0 unspecified atom stereocenters. The van der Waals surface area contributed by atoms with Crippen LogP contribution in [0.25, 0.3) is 0 Å². The van der Waals surface area contributed by atoms with E-state index in [9.17, 15) is 9.59 Å². The quantitative estimate of drug-likeness (QED) is 0.740. The minimum absolute atomic E-state index is 0.0109. The average Bonchev–Trinajstić information content (AvgIpc) is 2.85. The molecule has 0 bridgehead atoms. The molecule has 0 saturated heterocycles. The highest BCUT2D eigenvalue weighted by Crippen LogP contribution is 2.09. The molecule has 0 aliphatic carbocycles. The summed E-state index contributed by atoms with van der Waals surface area (Å²) in [6.45, 7) is 0.570. The molecule has 1 rings (SSSR count). The smallest absolute Gasteiger partial charge is 0.241 e. The minimum atomic E-state index is -0.315. The van der Waals surface area contributed by atoms with Gasteiger partial charge in [0.2, 0.25) is 11.8 Å². The summed E-state index contributed by atoms with van der Waals surface area (Å²) < 4.78 is 0. The van der Waals surface area contributed by atoms with E-state index < -0.39 is 0 Å². The predicted molar refractivity (Wildman–Crippen MR) is 67.7 cm³/mol. The van der Waals surface area contributed by atoms with Gasteiger partial charge in [-0.3, -0.25) is 9.59 Å². The largest absolute Gasteiger partial charge is 0.346 e. The first-order valence-corrected chi connectivity index (χ1v) is 6.24. The minimum Gasteiger partial charge on any atom is -0.346 e. The van der Waals surface area contributed by atoms with E-state index in [1.165, 1.54) is 4.88 Å². The Kier molecular flexibility index (Phi) is 5.65. The second kappa shape index (κ2) is 7.03. The van der Waals surface area contributed by atoms with Crippen LogP contribution in [0.3, 0.4) is 0 Å². The fourth-order valence-corrected chi connectivity index (χ4v) is 1.94. The lowest BCUT2D eigenvalue weighted by Gasteiger charge is -2.16. The number of hydrogen-bond acceptors (Lipinski definition) is 4. The van der Waals surface area contributed by atoms with Crippen LogP contribution >= 0.6 is 11.3 Å². The van der Waals surface area contributed by atoms with E-state index in [2.05, 4.69) is 5.32 Å². The maximum atomic E-state index is 11.6. The molecule has 0 aliphatic rings. The summed E-state index contributed by atoms with van der Waals surface area (Å²) in [5.74, 6) is -0.423. The van der Waals surface area contributed by atoms with Gasteiger partial charge in [0.05, 0.1) is 13.1 Å². The van der Waals surface area contributed by atoms with E-state index in [0.29, 0.717) is 6.54 Å². The highest BCUT2D eigenvalue weighted by atomic mass is 32.1. The molecule has 0 aromatic carbocycles. The topological polar surface area (TPSA) is 75.4 Å². The van der Waals surface area contributed by atoms with Crippen molar-refractivity contribution in [3.8, 4) is 0 Å². The first-order chi connectivity index (χ1) is 8.13. The van der Waals surface area contributed by atoms with Crippen molar-refractivity contribution in [1.29, 1.82) is 0 Å². The summed E-state index contributed by atoms with van der Waals surface area (Å²) in [6, 6.07) is 4.03. The molecule has 0 spiro atoms. The Hall–Kier alpha value is -1.40. The second-order valence-corrected chi connectivity index (χ2v) is 4.66. The lowest BCUT2D eigenvalue weighted by atomic mass is 10.3. The van der Waals surface area contributed by atoms with Crippen LogP contribution in [0, 0.1) is 0 Å². The van der Waals surface area contributed by atoms with Gasteiger partial charge >= 0.3 is 0 Å². The SMILES string of the molecule is CN(CCc1cccs1)C(=O)CNC(=O)CN. The first-order valence-electron chi connectivity index (χ1n) is 5.36. The number of nitrogens with two attached hydrogens (primary N) is 1. The fraction of sp³-hybridized carbons (Fsp3) is 0.455. The van der Waals surface area contributed by atoms with E-state index in [1.54, 1.807) is 23.3 Å². The Balaban J connectivity index is 2.24. The van der Waals surface area contributed by atoms with Gasteiger partial charge in [-0.2, -0.15) is 0 Å². The Morgan fingerprint density at radius 2 is 2.29 bits per heavy atom. The summed E-state index contributed by atoms with van der Waals surface area (Å²) in [4.78, 5) is 25.3. The number of hydrogen-bond donors (Lipinski definition) is 2. The van der Waals surface area contributed by atoms with Crippen LogP contribution in [-0.4, -0.2) is 43.4 Å². The molecule has 0 fully saturated rings. The van der Waals surface area contributed by atoms with Crippen molar-refractivity contribution in [3.05, 3.63) is 22.4 Å². The van der Waals surface area contributed by atoms with Gasteiger partial charge in [-0.15, -0.1) is 11.3 Å². The number of carbonyl (C=O) groups excluding carboxylic acids is 2. The van der Waals surface area contributed by atoms with Crippen molar-refractivity contribution in [2.75, 3.05) is 26.7 Å². The van der Waals surface area contributed by atoms with Gasteiger partial charge in [-0.1, -0.05) is 6.07 Å². The highest BCUT2D eigenvalue weighted by molar-refractivity contribution is 7.09. The van der Waals surface area contributed by atoms with E-state index >= 15 is 0 Å². The summed E-state index contributed by atoms with van der Waals surface area (Å²) >= 11 is 1.67. The molecule has 5 nitrogen and oxygen atoms in total. The van der Waals surface area contributed by atoms with Crippen LogP contribution in [-0.2, 0) is 16.0 Å². The van der Waals surface area contributed by atoms with Crippen molar-refractivity contribution in [2.24, 2.45) is 5.73 Å². The fourth-order valence-electron chi connectivity index (χ4n) is 1.24. The molecule has 1 heterocycles. The van der Waals surface area contributed by atoms with Crippen molar-refractivity contribution < 1.29 is 9.59 Å². The molecule has 0 aliphatic heterocycles. The standard InChI is InChI=1S/C11H17N3O2S/c1-14(5-4-9-3-2-6-17-9)11(16)8-13-10(15)7-12/h2-3,6H,4-5,7-8,12H2,1H3,(H,13,15). The molecule has 2 amide bonds. The molecule has 0 saturated carbocycles. The van der Waals surface area contributed by atoms with E-state index in [-0.39, 0.29) is 24.9 Å². The van der Waals surface area contributed by atoms with Gasteiger partial charge in [0.25, 0.3) is 0 Å². The van der Waals surface area contributed by atoms with Crippen LogP contribution in [0.15, 0.2) is 17.5 Å². The lowest BCUT2D eigenvalue weighted by Crippen LogP contribution is -2.40. The number of amides is 2. The molecule has 17 heavy (non-hydrogen) atoms. The third kappa shape index (κ3) is 4.97. The normalized spacial score (nSPS) is 10.0. The predicted octanol–water partition coefficient (Wildman–Crippen LogP) is -0.176. The molecule has 0 atom stereocenters. The summed E-state index contributed by atoms with van der Waals surface area (Å²) in [6.07, 6.45) is 0.838. The zero-order chi connectivity index (χ0) is 12.7. The molecular weight excluding hydrogens is 238 g/mol. The van der Waals surface area contributed by atoms with E-state index in [0.717, 1.165) is 6.42 Å². The number of nitrogens with one attached hydrogen (secondary N) is 1. The number of likely N-dealkylation sites (N-methyl/N-ethyl adjacent to an activating group) is 1. The number of thiophene rings is 1. The van der Waals surface area contributed by atoms with Gasteiger partial charge in [-0.05, 0) is 17.9 Å². The molecule has 0 radical (unpaired) electrons. The van der Waals surface area contributed by atoms with Crippen molar-refractivity contribution in [3.63, 3.8) is 0 Å². The molecule has 1 aromatic rings. The molecule has 3 N–H and O–H groups in total. The van der Waals surface area contributed by atoms with Crippen LogP contribution in [0.1, 0.15) is 4.88 Å². The zero-order valence-corrected chi connectivity index (χ0v) is 10.6. The molecular formula is C11H17N3O2S. The summed E-state index contributed by atoms with van der Waals surface area (Å²) in [5.41, 5.74) is 5.12. The zero-order valence-electron chi connectivity index (χ0n) is 9.81. The Morgan fingerprint density at radius 1 is 1.53 bits per heavy atom. The van der Waals surface area contributed by atoms with Crippen molar-refractivity contribution >= 4 is 23.2 Å². The van der Waals surface area contributed by atoms with Crippen molar-refractivity contribution in [2.45, 2.75) is 6.42 Å². The summed E-state index contributed by atoms with van der Waals surface area (Å²) in [5, 5.41) is 4.47. The van der Waals surface area contributed by atoms with Crippen LogP contribution in [0.5, 0.6) is 0 Å². The van der Waals surface area contributed by atoms with Crippen molar-refractivity contribution in [1.82, 2.24) is 10.2 Å². The number of rotatable bonds is 6. The number of carbonyl (C=O) groups is 2. The van der Waals surface area contributed by atoms with Crippen LogP contribution in [0.2, 0.25) is 0 Å². The average molecular weight is 255 g/mol. The third-order valence-electron chi connectivity index (χ3n) is 2.32. The van der Waals surface area contributed by atoms with Crippen LogP contribution in [0.4, 0.5) is 0 Å². The third-order valence-corrected chi connectivity index (χ3v) is 3.26.